The predicted octanol–water partition coefficient (Wildman–Crippen LogP) is 1.69. The molecule has 0 radical (unpaired) electrons. The molecule has 0 unspecified atom stereocenters. The summed E-state index contributed by atoms with van der Waals surface area (Å²) in [4.78, 5) is 4.62. The van der Waals surface area contributed by atoms with Crippen LogP contribution in [0.4, 0.5) is 0 Å². The van der Waals surface area contributed by atoms with Crippen LogP contribution in [-0.2, 0) is 13.0 Å². The minimum atomic E-state index is 0. The highest BCUT2D eigenvalue weighted by Crippen LogP contribution is 2.04. The van der Waals surface area contributed by atoms with E-state index in [-0.39, 0.29) is 24.0 Å². The van der Waals surface area contributed by atoms with Crippen LogP contribution in [0, 0.1) is 0 Å². The van der Waals surface area contributed by atoms with Gasteiger partial charge >= 0.3 is 0 Å². The highest BCUT2D eigenvalue weighted by atomic mass is 127. The Morgan fingerprint density at radius 2 is 1.54 bits per heavy atom. The smallest absolute Gasteiger partial charge is 0.191 e. The number of nitrogens with zero attached hydrogens (tertiary/aromatic N) is 7. The minimum absolute atomic E-state index is 0. The summed E-state index contributed by atoms with van der Waals surface area (Å²) < 4.78 is 3.93. The van der Waals surface area contributed by atoms with E-state index < -0.39 is 0 Å². The fourth-order valence-corrected chi connectivity index (χ4v) is 2.84. The number of guanidine groups is 1. The first kappa shape index (κ1) is 20.0. The number of fused-ring (bicyclic) bond motifs is 2. The number of nitrogens with one attached hydrogen (secondary N) is 2. The van der Waals surface area contributed by atoms with E-state index in [2.05, 4.69) is 36.0 Å². The van der Waals surface area contributed by atoms with Gasteiger partial charge in [-0.05, 0) is 31.2 Å². The van der Waals surface area contributed by atoms with Gasteiger partial charge in [-0.15, -0.1) is 44.4 Å². The lowest BCUT2D eigenvalue weighted by Crippen LogP contribution is -2.38. The standard InChI is InChI=1S/C18H21N9.HI/c1-2-19-18(21-13-17-25-23-15-8-4-6-12-27(15)17)20-10-9-16-24-22-14-7-3-5-11-26(14)16;/h3-8,11-12H,2,9-10,13H2,1H3,(H2,19,20,21);1H. The molecule has 0 aliphatic carbocycles. The molecule has 0 spiro atoms. The highest BCUT2D eigenvalue weighted by Gasteiger charge is 2.06. The number of hydrogen-bond donors (Lipinski definition) is 2. The molecule has 0 amide bonds. The van der Waals surface area contributed by atoms with Crippen molar-refractivity contribution in [1.82, 2.24) is 39.8 Å². The van der Waals surface area contributed by atoms with Crippen molar-refractivity contribution in [2.24, 2.45) is 4.99 Å². The van der Waals surface area contributed by atoms with Crippen LogP contribution in [0.3, 0.4) is 0 Å². The first-order valence-corrected chi connectivity index (χ1v) is 8.94. The second-order valence-corrected chi connectivity index (χ2v) is 5.96. The van der Waals surface area contributed by atoms with Crippen molar-refractivity contribution in [1.29, 1.82) is 0 Å². The summed E-state index contributed by atoms with van der Waals surface area (Å²) >= 11 is 0. The number of aliphatic imine (C=N–C) groups is 1. The van der Waals surface area contributed by atoms with E-state index in [1.807, 2.05) is 64.5 Å². The quantitative estimate of drug-likeness (QED) is 0.242. The van der Waals surface area contributed by atoms with Crippen LogP contribution in [-0.4, -0.2) is 48.2 Å². The van der Waals surface area contributed by atoms with Crippen LogP contribution in [0.2, 0.25) is 0 Å². The van der Waals surface area contributed by atoms with Crippen LogP contribution in [0.25, 0.3) is 11.3 Å². The first-order valence-electron chi connectivity index (χ1n) is 8.94. The summed E-state index contributed by atoms with van der Waals surface area (Å²) in [6, 6.07) is 11.7. The van der Waals surface area contributed by atoms with Crippen molar-refractivity contribution in [3.8, 4) is 0 Å². The Hall–Kier alpha value is -2.76. The van der Waals surface area contributed by atoms with Crippen molar-refractivity contribution in [3.63, 3.8) is 0 Å². The third kappa shape index (κ3) is 4.38. The molecule has 0 bridgehead atoms. The summed E-state index contributed by atoms with van der Waals surface area (Å²) in [5.41, 5.74) is 1.67. The van der Waals surface area contributed by atoms with Gasteiger partial charge in [-0.2, -0.15) is 0 Å². The van der Waals surface area contributed by atoms with Crippen molar-refractivity contribution < 1.29 is 0 Å². The zero-order valence-electron chi connectivity index (χ0n) is 15.5. The van der Waals surface area contributed by atoms with Gasteiger partial charge in [-0.1, -0.05) is 12.1 Å². The Morgan fingerprint density at radius 1 is 0.893 bits per heavy atom. The lowest BCUT2D eigenvalue weighted by molar-refractivity contribution is 0.758. The van der Waals surface area contributed by atoms with E-state index in [4.69, 9.17) is 0 Å². The Morgan fingerprint density at radius 3 is 2.21 bits per heavy atom. The maximum Gasteiger partial charge on any atom is 0.191 e. The molecule has 4 aromatic heterocycles. The fourth-order valence-electron chi connectivity index (χ4n) is 2.84. The van der Waals surface area contributed by atoms with Gasteiger partial charge in [0.15, 0.2) is 23.1 Å². The molecular weight excluding hydrogens is 469 g/mol. The lowest BCUT2D eigenvalue weighted by atomic mass is 10.4. The topological polar surface area (TPSA) is 96.8 Å². The van der Waals surface area contributed by atoms with E-state index in [9.17, 15) is 0 Å². The van der Waals surface area contributed by atoms with E-state index >= 15 is 0 Å². The number of halogens is 1. The molecule has 10 heteroatoms. The number of hydrogen-bond acceptors (Lipinski definition) is 5. The third-order valence-electron chi connectivity index (χ3n) is 4.13. The van der Waals surface area contributed by atoms with Crippen molar-refractivity contribution in [3.05, 3.63) is 60.4 Å². The SMILES string of the molecule is CCNC(=NCc1nnc2ccccn12)NCCc1nnc2ccccn12.I. The molecule has 0 aliphatic rings. The fraction of sp³-hybridized carbons (Fsp3) is 0.278. The maximum atomic E-state index is 4.62. The molecule has 0 aromatic carbocycles. The monoisotopic (exact) mass is 491 g/mol. The molecule has 0 aliphatic heterocycles. The molecule has 4 heterocycles. The van der Waals surface area contributed by atoms with Gasteiger partial charge in [-0.25, -0.2) is 4.99 Å². The maximum absolute atomic E-state index is 4.62. The molecule has 0 atom stereocenters. The molecule has 0 saturated carbocycles. The molecule has 4 rings (SSSR count). The van der Waals surface area contributed by atoms with Crippen LogP contribution < -0.4 is 10.6 Å². The lowest BCUT2D eigenvalue weighted by Gasteiger charge is -2.10. The van der Waals surface area contributed by atoms with Crippen molar-refractivity contribution in [2.45, 2.75) is 19.9 Å². The summed E-state index contributed by atoms with van der Waals surface area (Å²) in [5.74, 6) is 2.45. The van der Waals surface area contributed by atoms with Crippen molar-refractivity contribution >= 4 is 41.2 Å². The molecule has 0 saturated heterocycles. The highest BCUT2D eigenvalue weighted by molar-refractivity contribution is 14.0. The zero-order valence-corrected chi connectivity index (χ0v) is 17.8. The molecule has 0 fully saturated rings. The van der Waals surface area contributed by atoms with Gasteiger partial charge in [0.2, 0.25) is 0 Å². The van der Waals surface area contributed by atoms with Crippen molar-refractivity contribution in [2.75, 3.05) is 13.1 Å². The summed E-state index contributed by atoms with van der Waals surface area (Å²) in [5, 5.41) is 23.4. The molecule has 28 heavy (non-hydrogen) atoms. The van der Waals surface area contributed by atoms with Crippen LogP contribution in [0.15, 0.2) is 53.8 Å². The second-order valence-electron chi connectivity index (χ2n) is 5.96. The van der Waals surface area contributed by atoms with E-state index in [1.165, 1.54) is 0 Å². The van der Waals surface area contributed by atoms with E-state index in [1.54, 1.807) is 0 Å². The largest absolute Gasteiger partial charge is 0.357 e. The van der Waals surface area contributed by atoms with Gasteiger partial charge in [0.25, 0.3) is 0 Å². The van der Waals surface area contributed by atoms with Gasteiger partial charge in [0.05, 0.1) is 0 Å². The molecule has 146 valence electrons. The summed E-state index contributed by atoms with van der Waals surface area (Å²) in [7, 11) is 0. The number of rotatable bonds is 6. The molecular formula is C18H22IN9. The number of pyridine rings is 2. The van der Waals surface area contributed by atoms with Crippen LogP contribution in [0.1, 0.15) is 18.6 Å². The van der Waals surface area contributed by atoms with Crippen LogP contribution in [0.5, 0.6) is 0 Å². The normalized spacial score (nSPS) is 11.5. The average molecular weight is 491 g/mol. The first-order chi connectivity index (χ1) is 13.3. The Balaban J connectivity index is 0.00000225. The second kappa shape index (κ2) is 9.44. The van der Waals surface area contributed by atoms with Gasteiger partial charge in [-0.3, -0.25) is 8.80 Å². The molecule has 2 N–H and O–H groups in total. The van der Waals surface area contributed by atoms with Gasteiger partial charge in [0, 0.05) is 31.9 Å². The van der Waals surface area contributed by atoms with Gasteiger partial charge in [0.1, 0.15) is 12.4 Å². The van der Waals surface area contributed by atoms with E-state index in [0.717, 1.165) is 41.9 Å². The molecule has 4 aromatic rings. The third-order valence-corrected chi connectivity index (χ3v) is 4.13. The van der Waals surface area contributed by atoms with Crippen LogP contribution >= 0.6 is 24.0 Å². The predicted molar refractivity (Wildman–Crippen MR) is 118 cm³/mol. The zero-order chi connectivity index (χ0) is 18.5. The number of aromatic nitrogens is 6. The average Bonchev–Trinajstić information content (AvgIpc) is 3.30. The summed E-state index contributed by atoms with van der Waals surface area (Å²) in [6.07, 6.45) is 4.65. The summed E-state index contributed by atoms with van der Waals surface area (Å²) in [6.45, 7) is 3.95. The molecule has 9 nitrogen and oxygen atoms in total. The minimum Gasteiger partial charge on any atom is -0.357 e. The Labute approximate surface area is 179 Å². The Kier molecular flexibility index (Phi) is 6.74. The van der Waals surface area contributed by atoms with E-state index in [0.29, 0.717) is 13.1 Å². The Bertz CT molecular complexity index is 1070. The van der Waals surface area contributed by atoms with Gasteiger partial charge < -0.3 is 10.6 Å².